The van der Waals surface area contributed by atoms with Gasteiger partial charge in [-0.15, -0.1) is 11.3 Å². The predicted octanol–water partition coefficient (Wildman–Crippen LogP) is 0.707. The molecule has 2 aromatic rings. The predicted molar refractivity (Wildman–Crippen MR) is 60.8 cm³/mol. The van der Waals surface area contributed by atoms with E-state index < -0.39 is 10.0 Å². The van der Waals surface area contributed by atoms with Crippen LogP contribution in [0, 0.1) is 0 Å². The largest absolute Gasteiger partial charge is 0.392 e. The summed E-state index contributed by atoms with van der Waals surface area (Å²) in [5.41, 5.74) is 0.579. The van der Waals surface area contributed by atoms with Gasteiger partial charge in [-0.3, -0.25) is 0 Å². The van der Waals surface area contributed by atoms with E-state index in [1.165, 1.54) is 12.3 Å². The maximum atomic E-state index is 11.8. The third kappa shape index (κ3) is 2.91. The lowest BCUT2D eigenvalue weighted by Gasteiger charge is -2.01. The van der Waals surface area contributed by atoms with Crippen molar-refractivity contribution in [2.45, 2.75) is 17.4 Å². The Morgan fingerprint density at radius 2 is 2.35 bits per heavy atom. The van der Waals surface area contributed by atoms with Crippen LogP contribution >= 0.6 is 11.3 Å². The van der Waals surface area contributed by atoms with Gasteiger partial charge in [-0.1, -0.05) is 5.16 Å². The maximum absolute atomic E-state index is 11.8. The number of thiophene rings is 1. The number of nitrogens with zero attached hydrogens (tertiary/aromatic N) is 1. The summed E-state index contributed by atoms with van der Waals surface area (Å²) in [7, 11) is -3.56. The first-order valence-electron chi connectivity index (χ1n) is 4.69. The van der Waals surface area contributed by atoms with Crippen LogP contribution < -0.4 is 4.72 Å². The molecule has 2 aromatic heterocycles. The molecule has 0 atom stereocenters. The number of sulfonamides is 1. The lowest BCUT2D eigenvalue weighted by molar-refractivity contribution is 0.282. The number of aliphatic hydroxyl groups excluding tert-OH is 1. The third-order valence-corrected chi connectivity index (χ3v) is 4.89. The second kappa shape index (κ2) is 4.96. The zero-order chi connectivity index (χ0) is 12.3. The highest BCUT2D eigenvalue weighted by Gasteiger charge is 2.16. The molecule has 0 amide bonds. The van der Waals surface area contributed by atoms with Gasteiger partial charge < -0.3 is 9.63 Å². The first-order valence-corrected chi connectivity index (χ1v) is 7.05. The lowest BCUT2D eigenvalue weighted by atomic mass is 10.4. The van der Waals surface area contributed by atoms with Crippen LogP contribution in [-0.4, -0.2) is 18.7 Å². The van der Waals surface area contributed by atoms with E-state index in [-0.39, 0.29) is 17.4 Å². The summed E-state index contributed by atoms with van der Waals surface area (Å²) in [6, 6.07) is 3.02. The molecule has 0 aromatic carbocycles. The van der Waals surface area contributed by atoms with Crippen LogP contribution in [0.4, 0.5) is 0 Å². The van der Waals surface area contributed by atoms with Gasteiger partial charge in [-0.25, -0.2) is 13.1 Å². The molecular weight excluding hydrogens is 264 g/mol. The fourth-order valence-electron chi connectivity index (χ4n) is 1.15. The van der Waals surface area contributed by atoms with Crippen LogP contribution in [0.15, 0.2) is 32.4 Å². The normalized spacial score (nSPS) is 11.8. The summed E-state index contributed by atoms with van der Waals surface area (Å²) in [6.45, 7) is -0.122. The van der Waals surface area contributed by atoms with Crippen LogP contribution in [0.25, 0.3) is 0 Å². The van der Waals surface area contributed by atoms with Crippen molar-refractivity contribution in [3.8, 4) is 0 Å². The molecule has 0 saturated carbocycles. The van der Waals surface area contributed by atoms with Crippen LogP contribution in [0.3, 0.4) is 0 Å². The van der Waals surface area contributed by atoms with E-state index >= 15 is 0 Å². The molecule has 0 saturated heterocycles. The highest BCUT2D eigenvalue weighted by Crippen LogP contribution is 2.20. The molecule has 0 aliphatic heterocycles. The molecule has 92 valence electrons. The van der Waals surface area contributed by atoms with Crippen molar-refractivity contribution < 1.29 is 18.0 Å². The molecule has 8 heteroatoms. The fraction of sp³-hybridized carbons (Fsp3) is 0.222. The first-order chi connectivity index (χ1) is 8.12. The van der Waals surface area contributed by atoms with Crippen molar-refractivity contribution in [2.24, 2.45) is 0 Å². The van der Waals surface area contributed by atoms with Gasteiger partial charge in [0.25, 0.3) is 0 Å². The molecule has 0 spiro atoms. The molecule has 0 aliphatic rings. The summed E-state index contributed by atoms with van der Waals surface area (Å²) in [5, 5.41) is 13.9. The van der Waals surface area contributed by atoms with Gasteiger partial charge in [-0.2, -0.15) is 0 Å². The molecule has 0 fully saturated rings. The summed E-state index contributed by atoms with van der Waals surface area (Å²) in [6.07, 6.45) is 1.44. The third-order valence-electron chi connectivity index (χ3n) is 2.00. The number of nitrogens with one attached hydrogen (secondary N) is 1. The van der Waals surface area contributed by atoms with Gasteiger partial charge in [0.15, 0.2) is 5.76 Å². The summed E-state index contributed by atoms with van der Waals surface area (Å²) >= 11 is 1.06. The first kappa shape index (κ1) is 12.2. The molecule has 0 aliphatic carbocycles. The minimum atomic E-state index is -3.56. The van der Waals surface area contributed by atoms with Crippen molar-refractivity contribution in [3.63, 3.8) is 0 Å². The Hall–Kier alpha value is -1.22. The lowest BCUT2D eigenvalue weighted by Crippen LogP contribution is -2.22. The Labute approximate surface area is 102 Å². The van der Waals surface area contributed by atoms with Crippen LogP contribution in [-0.2, 0) is 23.2 Å². The van der Waals surface area contributed by atoms with Gasteiger partial charge in [0.2, 0.25) is 10.0 Å². The van der Waals surface area contributed by atoms with Crippen molar-refractivity contribution in [1.82, 2.24) is 9.88 Å². The van der Waals surface area contributed by atoms with E-state index in [4.69, 9.17) is 9.63 Å². The quantitative estimate of drug-likeness (QED) is 0.837. The van der Waals surface area contributed by atoms with Gasteiger partial charge in [-0.05, 0) is 17.0 Å². The van der Waals surface area contributed by atoms with E-state index in [2.05, 4.69) is 9.88 Å². The van der Waals surface area contributed by atoms with Crippen LogP contribution in [0.1, 0.15) is 11.3 Å². The molecule has 2 N–H and O–H groups in total. The summed E-state index contributed by atoms with van der Waals surface area (Å²) < 4.78 is 31.0. The Morgan fingerprint density at radius 3 is 2.94 bits per heavy atom. The minimum absolute atomic E-state index is 0.0503. The average Bonchev–Trinajstić information content (AvgIpc) is 2.98. The molecule has 0 radical (unpaired) electrons. The van der Waals surface area contributed by atoms with E-state index in [1.54, 1.807) is 11.4 Å². The molecule has 17 heavy (non-hydrogen) atoms. The average molecular weight is 274 g/mol. The van der Waals surface area contributed by atoms with Crippen molar-refractivity contribution in [1.29, 1.82) is 0 Å². The van der Waals surface area contributed by atoms with Gasteiger partial charge >= 0.3 is 0 Å². The SMILES string of the molecule is O=S(=O)(NCc1ccno1)c1cc(CO)cs1. The molecule has 0 unspecified atom stereocenters. The maximum Gasteiger partial charge on any atom is 0.250 e. The topological polar surface area (TPSA) is 92.4 Å². The van der Waals surface area contributed by atoms with Gasteiger partial charge in [0.05, 0.1) is 19.3 Å². The smallest absolute Gasteiger partial charge is 0.250 e. The zero-order valence-electron chi connectivity index (χ0n) is 8.66. The minimum Gasteiger partial charge on any atom is -0.392 e. The summed E-state index contributed by atoms with van der Waals surface area (Å²) in [4.78, 5) is 0. The second-order valence-electron chi connectivity index (χ2n) is 3.24. The highest BCUT2D eigenvalue weighted by molar-refractivity contribution is 7.91. The zero-order valence-corrected chi connectivity index (χ0v) is 10.3. The molecule has 6 nitrogen and oxygen atoms in total. The van der Waals surface area contributed by atoms with Crippen molar-refractivity contribution >= 4 is 21.4 Å². The number of aliphatic hydroxyl groups is 1. The standard InChI is InChI=1S/C9H10N2O4S2/c12-5-7-3-9(16-6-7)17(13,14)11-4-8-1-2-10-15-8/h1-3,6,11-12H,4-5H2. The van der Waals surface area contributed by atoms with Crippen molar-refractivity contribution in [2.75, 3.05) is 0 Å². The van der Waals surface area contributed by atoms with Crippen molar-refractivity contribution in [3.05, 3.63) is 35.0 Å². The van der Waals surface area contributed by atoms with E-state index in [9.17, 15) is 8.42 Å². The van der Waals surface area contributed by atoms with Crippen LogP contribution in [0.2, 0.25) is 0 Å². The molecule has 2 heterocycles. The molecular formula is C9H10N2O4S2. The Morgan fingerprint density at radius 1 is 1.53 bits per heavy atom. The Bertz CT molecular complexity index is 574. The molecule has 0 bridgehead atoms. The van der Waals surface area contributed by atoms with E-state index in [1.807, 2.05) is 0 Å². The highest BCUT2D eigenvalue weighted by atomic mass is 32.2. The number of rotatable bonds is 5. The van der Waals surface area contributed by atoms with E-state index in [0.717, 1.165) is 11.3 Å². The van der Waals surface area contributed by atoms with Gasteiger partial charge in [0, 0.05) is 6.07 Å². The Kier molecular flexibility index (Phi) is 3.57. The monoisotopic (exact) mass is 274 g/mol. The summed E-state index contributed by atoms with van der Waals surface area (Å²) in [5.74, 6) is 0.438. The number of hydrogen-bond acceptors (Lipinski definition) is 6. The Balaban J connectivity index is 2.08. The molecule has 2 rings (SSSR count). The van der Waals surface area contributed by atoms with Crippen LogP contribution in [0.5, 0.6) is 0 Å². The van der Waals surface area contributed by atoms with E-state index in [0.29, 0.717) is 11.3 Å². The fourth-order valence-corrected chi connectivity index (χ4v) is 3.39. The van der Waals surface area contributed by atoms with Gasteiger partial charge in [0.1, 0.15) is 4.21 Å². The number of aromatic nitrogens is 1. The number of hydrogen-bond donors (Lipinski definition) is 2. The second-order valence-corrected chi connectivity index (χ2v) is 6.14.